The summed E-state index contributed by atoms with van der Waals surface area (Å²) in [4.78, 5) is 13.7. The quantitative estimate of drug-likeness (QED) is 0.731. The minimum atomic E-state index is -0.397. The zero-order valence-electron chi connectivity index (χ0n) is 11.1. The average molecular weight is 261 g/mol. The van der Waals surface area contributed by atoms with Gasteiger partial charge in [-0.2, -0.15) is 0 Å². The highest BCUT2D eigenvalue weighted by molar-refractivity contribution is 5.72. The number of rotatable bonds is 6. The summed E-state index contributed by atoms with van der Waals surface area (Å²) in [5.74, 6) is -0.397. The Kier molecular flexibility index (Phi) is 3.16. The molecule has 0 radical (unpaired) electrons. The third-order valence-electron chi connectivity index (χ3n) is 3.82. The number of aromatic nitrogens is 1. The normalized spacial score (nSPS) is 16.9. The van der Waals surface area contributed by atoms with Crippen molar-refractivity contribution >= 4 is 11.1 Å². The smallest absolute Gasteiger partial charge is 0.408 e. The number of aromatic amines is 1. The van der Waals surface area contributed by atoms with E-state index in [2.05, 4.69) is 15.6 Å². The lowest BCUT2D eigenvalue weighted by Gasteiger charge is -2.15. The summed E-state index contributed by atoms with van der Waals surface area (Å²) in [6.45, 7) is 2.91. The summed E-state index contributed by atoms with van der Waals surface area (Å²) in [7, 11) is 2.00. The maximum atomic E-state index is 11.1. The lowest BCUT2D eigenvalue weighted by atomic mass is 10.1. The van der Waals surface area contributed by atoms with Crippen molar-refractivity contribution in [3.05, 3.63) is 34.3 Å². The molecule has 0 saturated heterocycles. The topological polar surface area (TPSA) is 70.1 Å². The van der Waals surface area contributed by atoms with Crippen molar-refractivity contribution in [3.63, 3.8) is 0 Å². The lowest BCUT2D eigenvalue weighted by molar-refractivity contribution is 0.438. The van der Waals surface area contributed by atoms with Crippen molar-refractivity contribution in [3.8, 4) is 0 Å². The van der Waals surface area contributed by atoms with Gasteiger partial charge in [0.15, 0.2) is 5.58 Å². The molecule has 2 aromatic rings. The minimum absolute atomic E-state index is 0.397. The van der Waals surface area contributed by atoms with Gasteiger partial charge in [0.25, 0.3) is 0 Å². The molecule has 0 atom stereocenters. The molecule has 0 bridgehead atoms. The predicted octanol–water partition coefficient (Wildman–Crippen LogP) is 1.21. The summed E-state index contributed by atoms with van der Waals surface area (Å²) in [5, 5.41) is 6.74. The van der Waals surface area contributed by atoms with Gasteiger partial charge in [-0.05, 0) is 43.0 Å². The van der Waals surface area contributed by atoms with Crippen LogP contribution in [-0.4, -0.2) is 25.1 Å². The number of benzene rings is 1. The fraction of sp³-hybridized carbons (Fsp3) is 0.500. The molecule has 19 heavy (non-hydrogen) atoms. The second-order valence-electron chi connectivity index (χ2n) is 5.48. The highest BCUT2D eigenvalue weighted by atomic mass is 16.4. The Hall–Kier alpha value is -1.59. The Morgan fingerprint density at radius 2 is 2.21 bits per heavy atom. The summed E-state index contributed by atoms with van der Waals surface area (Å²) >= 11 is 0. The van der Waals surface area contributed by atoms with Crippen LogP contribution in [0.4, 0.5) is 0 Å². The zero-order chi connectivity index (χ0) is 13.3. The van der Waals surface area contributed by atoms with E-state index in [1.165, 1.54) is 12.8 Å². The van der Waals surface area contributed by atoms with E-state index in [-0.39, 0.29) is 0 Å². The molecular weight excluding hydrogens is 242 g/mol. The Morgan fingerprint density at radius 3 is 2.95 bits per heavy atom. The van der Waals surface area contributed by atoms with E-state index in [1.807, 2.05) is 25.2 Å². The number of H-pyrrole nitrogens is 1. The molecule has 3 rings (SSSR count). The molecule has 1 aromatic heterocycles. The van der Waals surface area contributed by atoms with Crippen LogP contribution in [0, 0.1) is 5.41 Å². The molecule has 5 nitrogen and oxygen atoms in total. The molecule has 3 N–H and O–H groups in total. The fourth-order valence-corrected chi connectivity index (χ4v) is 2.54. The van der Waals surface area contributed by atoms with Crippen LogP contribution in [0.1, 0.15) is 18.4 Å². The van der Waals surface area contributed by atoms with Crippen molar-refractivity contribution < 1.29 is 4.42 Å². The minimum Gasteiger partial charge on any atom is -0.408 e. The van der Waals surface area contributed by atoms with Crippen molar-refractivity contribution in [1.29, 1.82) is 0 Å². The number of fused-ring (bicyclic) bond motifs is 1. The Labute approximate surface area is 111 Å². The lowest BCUT2D eigenvalue weighted by Crippen LogP contribution is -2.30. The summed E-state index contributed by atoms with van der Waals surface area (Å²) in [6.07, 6.45) is 2.60. The van der Waals surface area contributed by atoms with Gasteiger partial charge in [-0.25, -0.2) is 4.79 Å². The van der Waals surface area contributed by atoms with Gasteiger partial charge in [-0.1, -0.05) is 6.07 Å². The van der Waals surface area contributed by atoms with Crippen LogP contribution < -0.4 is 16.4 Å². The molecule has 0 amide bonds. The molecular formula is C14H19N3O2. The first kappa shape index (κ1) is 12.4. The maximum Gasteiger partial charge on any atom is 0.417 e. The van der Waals surface area contributed by atoms with E-state index < -0.39 is 5.76 Å². The highest BCUT2D eigenvalue weighted by Gasteiger charge is 2.41. The second kappa shape index (κ2) is 4.83. The van der Waals surface area contributed by atoms with E-state index in [9.17, 15) is 4.79 Å². The van der Waals surface area contributed by atoms with Crippen molar-refractivity contribution in [1.82, 2.24) is 15.6 Å². The van der Waals surface area contributed by atoms with Gasteiger partial charge >= 0.3 is 5.76 Å². The van der Waals surface area contributed by atoms with E-state index in [1.54, 1.807) is 0 Å². The molecule has 5 heteroatoms. The summed E-state index contributed by atoms with van der Waals surface area (Å²) < 4.78 is 5.06. The van der Waals surface area contributed by atoms with Crippen molar-refractivity contribution in [2.24, 2.45) is 5.41 Å². The molecule has 1 aromatic carbocycles. The van der Waals surface area contributed by atoms with Crippen LogP contribution in [-0.2, 0) is 6.54 Å². The molecule has 0 aliphatic heterocycles. The Balaban J connectivity index is 1.60. The van der Waals surface area contributed by atoms with Gasteiger partial charge in [0.2, 0.25) is 0 Å². The largest absolute Gasteiger partial charge is 0.417 e. The van der Waals surface area contributed by atoms with Gasteiger partial charge in [0, 0.05) is 19.6 Å². The summed E-state index contributed by atoms with van der Waals surface area (Å²) in [5.41, 5.74) is 2.97. The van der Waals surface area contributed by atoms with Crippen LogP contribution >= 0.6 is 0 Å². The van der Waals surface area contributed by atoms with E-state index in [0.717, 1.165) is 30.7 Å². The Bertz CT molecular complexity index is 625. The van der Waals surface area contributed by atoms with Gasteiger partial charge < -0.3 is 15.1 Å². The predicted molar refractivity (Wildman–Crippen MR) is 74.1 cm³/mol. The highest BCUT2D eigenvalue weighted by Crippen LogP contribution is 2.44. The van der Waals surface area contributed by atoms with Crippen LogP contribution in [0.5, 0.6) is 0 Å². The third kappa shape index (κ3) is 2.72. The molecule has 1 heterocycles. The van der Waals surface area contributed by atoms with Gasteiger partial charge in [-0.15, -0.1) is 0 Å². The van der Waals surface area contributed by atoms with Crippen LogP contribution in [0.15, 0.2) is 27.4 Å². The molecule has 0 spiro atoms. The molecule has 1 aliphatic rings. The molecule has 102 valence electrons. The molecule has 1 fully saturated rings. The first-order chi connectivity index (χ1) is 9.21. The maximum absolute atomic E-state index is 11.1. The van der Waals surface area contributed by atoms with Crippen molar-refractivity contribution in [2.75, 3.05) is 20.1 Å². The summed E-state index contributed by atoms with van der Waals surface area (Å²) in [6, 6.07) is 5.81. The first-order valence-corrected chi connectivity index (χ1v) is 6.68. The molecule has 1 saturated carbocycles. The van der Waals surface area contributed by atoms with Crippen LogP contribution in [0.3, 0.4) is 0 Å². The number of hydrogen-bond donors (Lipinski definition) is 3. The standard InChI is InChI=1S/C14H19N3O2/c1-15-8-14(4-5-14)9-16-7-10-2-3-11-12(6-10)19-13(18)17-11/h2-3,6,15-16H,4-5,7-9H2,1H3,(H,17,18). The van der Waals surface area contributed by atoms with Gasteiger partial charge in [0.1, 0.15) is 0 Å². The van der Waals surface area contributed by atoms with E-state index >= 15 is 0 Å². The van der Waals surface area contributed by atoms with Crippen LogP contribution in [0.2, 0.25) is 0 Å². The second-order valence-corrected chi connectivity index (χ2v) is 5.48. The Morgan fingerprint density at radius 1 is 1.37 bits per heavy atom. The third-order valence-corrected chi connectivity index (χ3v) is 3.82. The van der Waals surface area contributed by atoms with Gasteiger partial charge in [-0.3, -0.25) is 4.98 Å². The van der Waals surface area contributed by atoms with Crippen LogP contribution in [0.25, 0.3) is 11.1 Å². The van der Waals surface area contributed by atoms with E-state index in [0.29, 0.717) is 11.0 Å². The number of nitrogens with one attached hydrogen (secondary N) is 3. The fourth-order valence-electron chi connectivity index (χ4n) is 2.54. The average Bonchev–Trinajstić information content (AvgIpc) is 3.02. The monoisotopic (exact) mass is 261 g/mol. The van der Waals surface area contributed by atoms with Crippen molar-refractivity contribution in [2.45, 2.75) is 19.4 Å². The SMILES string of the molecule is CNCC1(CNCc2ccc3[nH]c(=O)oc3c2)CC1. The van der Waals surface area contributed by atoms with E-state index in [4.69, 9.17) is 4.42 Å². The number of oxazole rings is 1. The zero-order valence-corrected chi connectivity index (χ0v) is 11.1. The number of hydrogen-bond acceptors (Lipinski definition) is 4. The first-order valence-electron chi connectivity index (χ1n) is 6.68. The molecule has 0 unspecified atom stereocenters. The molecule has 1 aliphatic carbocycles. The van der Waals surface area contributed by atoms with Gasteiger partial charge in [0.05, 0.1) is 5.52 Å².